The maximum atomic E-state index is 13.4. The number of hydrogen-bond acceptors (Lipinski definition) is 3. The lowest BCUT2D eigenvalue weighted by molar-refractivity contribution is -0.145. The maximum absolute atomic E-state index is 13.4. The number of nitrogens with zero attached hydrogens (tertiary/aromatic N) is 1. The minimum absolute atomic E-state index is 0.126. The van der Waals surface area contributed by atoms with Gasteiger partial charge in [-0.15, -0.1) is 0 Å². The lowest BCUT2D eigenvalue weighted by Gasteiger charge is -2.19. The first-order valence-electron chi connectivity index (χ1n) is 5.78. The van der Waals surface area contributed by atoms with Crippen LogP contribution in [0.2, 0.25) is 0 Å². The average Bonchev–Trinajstić information content (AvgIpc) is 2.75. The van der Waals surface area contributed by atoms with Crippen molar-refractivity contribution in [1.29, 1.82) is 0 Å². The van der Waals surface area contributed by atoms with E-state index in [2.05, 4.69) is 20.7 Å². The van der Waals surface area contributed by atoms with Gasteiger partial charge in [0.2, 0.25) is 5.91 Å². The molecule has 0 bridgehead atoms. The van der Waals surface area contributed by atoms with Crippen LogP contribution in [0.1, 0.15) is 12.0 Å². The first-order chi connectivity index (χ1) is 8.93. The molecule has 1 aliphatic rings. The van der Waals surface area contributed by atoms with E-state index in [4.69, 9.17) is 0 Å². The summed E-state index contributed by atoms with van der Waals surface area (Å²) in [4.78, 5) is 24.9. The Hall–Kier alpha value is -1.43. The molecule has 6 heteroatoms. The molecule has 1 aromatic rings. The highest BCUT2D eigenvalue weighted by atomic mass is 79.9. The van der Waals surface area contributed by atoms with Crippen molar-refractivity contribution in [1.82, 2.24) is 0 Å². The molecular weight excluding hydrogens is 317 g/mol. The Morgan fingerprint density at radius 1 is 1.53 bits per heavy atom. The summed E-state index contributed by atoms with van der Waals surface area (Å²) in [5, 5.41) is 0. The van der Waals surface area contributed by atoms with Gasteiger partial charge in [0.25, 0.3) is 0 Å². The van der Waals surface area contributed by atoms with Crippen molar-refractivity contribution in [3.8, 4) is 0 Å². The number of carbonyl (C=O) groups is 2. The first kappa shape index (κ1) is 14.0. The van der Waals surface area contributed by atoms with Crippen LogP contribution < -0.4 is 4.90 Å². The molecule has 1 amide bonds. The Balaban J connectivity index is 2.30. The fourth-order valence-electron chi connectivity index (χ4n) is 2.19. The van der Waals surface area contributed by atoms with E-state index >= 15 is 0 Å². The van der Waals surface area contributed by atoms with E-state index < -0.39 is 11.9 Å². The molecule has 102 valence electrons. The van der Waals surface area contributed by atoms with E-state index in [1.54, 1.807) is 13.0 Å². The normalized spacial score (nSPS) is 18.8. The van der Waals surface area contributed by atoms with Crippen molar-refractivity contribution in [2.45, 2.75) is 13.3 Å². The quantitative estimate of drug-likeness (QED) is 0.783. The van der Waals surface area contributed by atoms with Gasteiger partial charge >= 0.3 is 5.97 Å². The summed E-state index contributed by atoms with van der Waals surface area (Å²) < 4.78 is 18.3. The zero-order chi connectivity index (χ0) is 14.2. The molecule has 0 saturated carbocycles. The van der Waals surface area contributed by atoms with Gasteiger partial charge in [0.15, 0.2) is 0 Å². The van der Waals surface area contributed by atoms with Gasteiger partial charge in [0.1, 0.15) is 5.82 Å². The molecule has 0 N–H and O–H groups in total. The van der Waals surface area contributed by atoms with Crippen LogP contribution in [0.25, 0.3) is 0 Å². The van der Waals surface area contributed by atoms with Crippen LogP contribution in [0, 0.1) is 18.7 Å². The van der Waals surface area contributed by atoms with Crippen molar-refractivity contribution >= 4 is 33.5 Å². The molecule has 0 aromatic heterocycles. The van der Waals surface area contributed by atoms with Gasteiger partial charge in [0, 0.05) is 18.7 Å². The molecule has 2 rings (SSSR count). The van der Waals surface area contributed by atoms with Crippen LogP contribution in [0.15, 0.2) is 16.6 Å². The van der Waals surface area contributed by atoms with Crippen LogP contribution in [-0.2, 0) is 14.3 Å². The zero-order valence-corrected chi connectivity index (χ0v) is 12.2. The smallest absolute Gasteiger partial charge is 0.311 e. The van der Waals surface area contributed by atoms with Crippen LogP contribution in [-0.4, -0.2) is 25.5 Å². The van der Waals surface area contributed by atoms with E-state index in [-0.39, 0.29) is 24.7 Å². The predicted molar refractivity (Wildman–Crippen MR) is 71.3 cm³/mol. The molecule has 0 radical (unpaired) electrons. The Morgan fingerprint density at radius 3 is 2.84 bits per heavy atom. The van der Waals surface area contributed by atoms with Gasteiger partial charge in [-0.25, -0.2) is 4.39 Å². The summed E-state index contributed by atoms with van der Waals surface area (Å²) in [6, 6.07) is 2.92. The number of aryl methyl sites for hydroxylation is 1. The third kappa shape index (κ3) is 2.63. The summed E-state index contributed by atoms with van der Waals surface area (Å²) in [7, 11) is 1.30. The molecular formula is C13H13BrFNO3. The molecule has 1 heterocycles. The first-order valence-corrected chi connectivity index (χ1v) is 6.57. The summed E-state index contributed by atoms with van der Waals surface area (Å²) >= 11 is 3.10. The largest absolute Gasteiger partial charge is 0.469 e. The molecule has 0 aliphatic carbocycles. The van der Waals surface area contributed by atoms with Crippen molar-refractivity contribution in [3.63, 3.8) is 0 Å². The van der Waals surface area contributed by atoms with Crippen molar-refractivity contribution in [3.05, 3.63) is 28.0 Å². The van der Waals surface area contributed by atoms with Crippen LogP contribution in [0.3, 0.4) is 0 Å². The number of hydrogen-bond donors (Lipinski definition) is 0. The van der Waals surface area contributed by atoms with Crippen molar-refractivity contribution in [2.24, 2.45) is 5.92 Å². The molecule has 4 nitrogen and oxygen atoms in total. The fourth-order valence-corrected chi connectivity index (χ4v) is 2.52. The van der Waals surface area contributed by atoms with E-state index in [9.17, 15) is 14.0 Å². The summed E-state index contributed by atoms with van der Waals surface area (Å²) in [6.07, 6.45) is 0.126. The van der Waals surface area contributed by atoms with E-state index in [0.717, 1.165) is 0 Å². The topological polar surface area (TPSA) is 46.6 Å². The standard InChI is InChI=1S/C13H13BrFNO3/c1-7-3-10(15)9(14)5-11(7)16-6-8(4-12(16)17)13(18)19-2/h3,5,8H,4,6H2,1-2H3. The van der Waals surface area contributed by atoms with Gasteiger partial charge in [-0.1, -0.05) is 0 Å². The molecule has 19 heavy (non-hydrogen) atoms. The van der Waals surface area contributed by atoms with Gasteiger partial charge in [-0.2, -0.15) is 0 Å². The molecule has 1 fully saturated rings. The third-order valence-corrected chi connectivity index (χ3v) is 3.80. The zero-order valence-electron chi connectivity index (χ0n) is 10.6. The molecule has 1 unspecified atom stereocenters. The summed E-state index contributed by atoms with van der Waals surface area (Å²) in [6.45, 7) is 1.99. The highest BCUT2D eigenvalue weighted by Crippen LogP contribution is 2.32. The van der Waals surface area contributed by atoms with Crippen LogP contribution in [0.4, 0.5) is 10.1 Å². The van der Waals surface area contributed by atoms with Crippen molar-refractivity contribution in [2.75, 3.05) is 18.6 Å². The number of amides is 1. The number of rotatable bonds is 2. The minimum atomic E-state index is -0.458. The highest BCUT2D eigenvalue weighted by molar-refractivity contribution is 9.10. The van der Waals surface area contributed by atoms with Crippen LogP contribution in [0.5, 0.6) is 0 Å². The SMILES string of the molecule is COC(=O)C1CC(=O)N(c2cc(Br)c(F)cc2C)C1. The molecule has 1 atom stereocenters. The van der Waals surface area contributed by atoms with Crippen LogP contribution >= 0.6 is 15.9 Å². The lowest BCUT2D eigenvalue weighted by Crippen LogP contribution is -2.27. The number of esters is 1. The predicted octanol–water partition coefficient (Wildman–Crippen LogP) is 2.42. The molecule has 0 spiro atoms. The van der Waals surface area contributed by atoms with Gasteiger partial charge in [0.05, 0.1) is 17.5 Å². The van der Waals surface area contributed by atoms with Crippen molar-refractivity contribution < 1.29 is 18.7 Å². The Kier molecular flexibility index (Phi) is 3.89. The molecule has 1 saturated heterocycles. The lowest BCUT2D eigenvalue weighted by atomic mass is 10.1. The molecule has 1 aliphatic heterocycles. The second-order valence-corrected chi connectivity index (χ2v) is 5.34. The van der Waals surface area contributed by atoms with Gasteiger partial charge in [-0.3, -0.25) is 9.59 Å². The number of carbonyl (C=O) groups excluding carboxylic acids is 2. The Bertz CT molecular complexity index is 547. The number of methoxy groups -OCH3 is 1. The number of halogens is 2. The average molecular weight is 330 g/mol. The number of benzene rings is 1. The fraction of sp³-hybridized carbons (Fsp3) is 0.385. The van der Waals surface area contributed by atoms with E-state index in [0.29, 0.717) is 15.7 Å². The Morgan fingerprint density at radius 2 is 2.21 bits per heavy atom. The molecule has 1 aromatic carbocycles. The minimum Gasteiger partial charge on any atom is -0.469 e. The van der Waals surface area contributed by atoms with E-state index in [1.165, 1.54) is 18.1 Å². The summed E-state index contributed by atoms with van der Waals surface area (Å²) in [5.74, 6) is -1.38. The van der Waals surface area contributed by atoms with E-state index in [1.807, 2.05) is 0 Å². The third-order valence-electron chi connectivity index (χ3n) is 3.19. The van der Waals surface area contributed by atoms with Gasteiger partial charge < -0.3 is 9.64 Å². The number of anilines is 1. The Labute approximate surface area is 118 Å². The second-order valence-electron chi connectivity index (χ2n) is 4.48. The number of ether oxygens (including phenoxy) is 1. The second kappa shape index (κ2) is 5.28. The highest BCUT2D eigenvalue weighted by Gasteiger charge is 2.36. The monoisotopic (exact) mass is 329 g/mol. The summed E-state index contributed by atoms with van der Waals surface area (Å²) in [5.41, 5.74) is 1.27. The maximum Gasteiger partial charge on any atom is 0.311 e. The van der Waals surface area contributed by atoms with Gasteiger partial charge in [-0.05, 0) is 40.5 Å².